The van der Waals surface area contributed by atoms with E-state index in [0.29, 0.717) is 24.0 Å². The second kappa shape index (κ2) is 8.37. The lowest BCUT2D eigenvalue weighted by Crippen LogP contribution is -2.40. The molecule has 0 saturated heterocycles. The average Bonchev–Trinajstić information content (AvgIpc) is 2.30. The minimum Gasteiger partial charge on any atom is -0.410 e. The van der Waals surface area contributed by atoms with Crippen molar-refractivity contribution in [3.63, 3.8) is 0 Å². The molecule has 0 aromatic rings. The Labute approximate surface area is 113 Å². The van der Waals surface area contributed by atoms with Gasteiger partial charge in [-0.1, -0.05) is 25.9 Å². The van der Waals surface area contributed by atoms with Gasteiger partial charge in [-0.25, -0.2) is 0 Å². The lowest BCUT2D eigenvalue weighted by atomic mass is 9.80. The normalized spacial score (nSPS) is 14.4. The Balaban J connectivity index is 4.70. The van der Waals surface area contributed by atoms with Crippen LogP contribution in [0.5, 0.6) is 0 Å². The lowest BCUT2D eigenvalue weighted by molar-refractivity contribution is -0.124. The maximum Gasteiger partial charge on any atom is 0.230 e. The first-order valence-corrected chi connectivity index (χ1v) is 7.01. The smallest absolute Gasteiger partial charge is 0.230 e. The van der Waals surface area contributed by atoms with E-state index in [2.05, 4.69) is 10.5 Å². The van der Waals surface area contributed by atoms with E-state index < -0.39 is 5.92 Å². The third-order valence-corrected chi connectivity index (χ3v) is 3.39. The van der Waals surface area contributed by atoms with Crippen LogP contribution in [0.1, 0.15) is 27.7 Å². The Hall–Kier alpha value is -0.750. The zero-order chi connectivity index (χ0) is 14.2. The summed E-state index contributed by atoms with van der Waals surface area (Å²) in [5.74, 6) is 0.0647. The van der Waals surface area contributed by atoms with Gasteiger partial charge in [0, 0.05) is 19.4 Å². The summed E-state index contributed by atoms with van der Waals surface area (Å²) >= 11 is 1.35. The van der Waals surface area contributed by atoms with E-state index in [0.717, 1.165) is 0 Å². The van der Waals surface area contributed by atoms with Gasteiger partial charge in [0.25, 0.3) is 0 Å². The highest BCUT2D eigenvalue weighted by atomic mass is 32.2. The van der Waals surface area contributed by atoms with E-state index in [1.807, 2.05) is 27.7 Å². The molecule has 18 heavy (non-hydrogen) atoms. The second-order valence-electron chi connectivity index (χ2n) is 4.90. The third kappa shape index (κ3) is 5.73. The predicted octanol–water partition coefficient (Wildman–Crippen LogP) is 1.95. The minimum atomic E-state index is -0.459. The van der Waals surface area contributed by atoms with Crippen LogP contribution in [0.4, 0.5) is 0 Å². The van der Waals surface area contributed by atoms with Crippen LogP contribution in [0.2, 0.25) is 0 Å². The number of hydrogen-bond acceptors (Lipinski definition) is 5. The van der Waals surface area contributed by atoms with Crippen molar-refractivity contribution < 1.29 is 14.7 Å². The highest BCUT2D eigenvalue weighted by molar-refractivity contribution is 8.14. The zero-order valence-corrected chi connectivity index (χ0v) is 12.6. The molecular formula is C12H24N2O3S. The first kappa shape index (κ1) is 17.2. The van der Waals surface area contributed by atoms with Gasteiger partial charge in [-0.15, -0.1) is 11.8 Å². The molecular weight excluding hydrogens is 252 g/mol. The summed E-state index contributed by atoms with van der Waals surface area (Å²) in [7, 11) is 1.58. The molecule has 0 heterocycles. The summed E-state index contributed by atoms with van der Waals surface area (Å²) in [6.45, 7) is 8.99. The number of amides is 1. The molecule has 1 unspecified atom stereocenters. The van der Waals surface area contributed by atoms with Crippen LogP contribution >= 0.6 is 11.8 Å². The molecule has 0 aliphatic heterocycles. The van der Waals surface area contributed by atoms with Gasteiger partial charge in [-0.05, 0) is 12.3 Å². The molecule has 6 heteroatoms. The molecule has 0 radical (unpaired) electrons. The molecule has 0 spiro atoms. The van der Waals surface area contributed by atoms with E-state index in [9.17, 15) is 4.79 Å². The van der Waals surface area contributed by atoms with Gasteiger partial charge in [-0.3, -0.25) is 4.79 Å². The fraction of sp³-hybridized carbons (Fsp3) is 0.833. The largest absolute Gasteiger partial charge is 0.410 e. The molecule has 0 fully saturated rings. The Morgan fingerprint density at radius 2 is 2.11 bits per heavy atom. The first-order valence-electron chi connectivity index (χ1n) is 6.02. The number of carbonyl (C=O) groups excluding carboxylic acids is 1. The van der Waals surface area contributed by atoms with Crippen LogP contribution < -0.4 is 5.32 Å². The van der Waals surface area contributed by atoms with Crippen LogP contribution in [0, 0.1) is 11.3 Å². The van der Waals surface area contributed by atoms with Gasteiger partial charge in [0.2, 0.25) is 5.91 Å². The third-order valence-electron chi connectivity index (χ3n) is 2.40. The lowest BCUT2D eigenvalue weighted by Gasteiger charge is -2.29. The SMILES string of the molecule is CCOCCS/C(=N\O)C(C(=O)NC)C(C)(C)C. The standard InChI is InChI=1S/C12H24N2O3S/c1-6-17-7-8-18-11(14-16)9(10(15)13-5)12(2,3)4/h9,16H,6-8H2,1-5H3,(H,13,15)/b14-11-. The molecule has 0 bridgehead atoms. The number of oxime groups is 1. The number of thioether (sulfide) groups is 1. The highest BCUT2D eigenvalue weighted by Crippen LogP contribution is 2.31. The first-order chi connectivity index (χ1) is 8.38. The Kier molecular flexibility index (Phi) is 8.02. The second-order valence-corrected chi connectivity index (χ2v) is 6.01. The molecule has 1 amide bonds. The summed E-state index contributed by atoms with van der Waals surface area (Å²) in [4.78, 5) is 11.9. The Bertz CT molecular complexity index is 288. The predicted molar refractivity (Wildman–Crippen MR) is 75.2 cm³/mol. The number of hydrogen-bond donors (Lipinski definition) is 2. The van der Waals surface area contributed by atoms with Gasteiger partial charge < -0.3 is 15.3 Å². The fourth-order valence-electron chi connectivity index (χ4n) is 1.54. The van der Waals surface area contributed by atoms with Crippen molar-refractivity contribution in [2.24, 2.45) is 16.5 Å². The maximum absolute atomic E-state index is 11.9. The van der Waals surface area contributed by atoms with Crippen LogP contribution in [-0.4, -0.2) is 42.2 Å². The number of nitrogens with one attached hydrogen (secondary N) is 1. The molecule has 0 aliphatic carbocycles. The van der Waals surface area contributed by atoms with Crippen molar-refractivity contribution in [3.8, 4) is 0 Å². The van der Waals surface area contributed by atoms with Crippen LogP contribution in [0.25, 0.3) is 0 Å². The van der Waals surface area contributed by atoms with Crippen molar-refractivity contribution in [2.45, 2.75) is 27.7 Å². The topological polar surface area (TPSA) is 70.9 Å². The quantitative estimate of drug-likeness (QED) is 0.256. The number of rotatable bonds is 6. The summed E-state index contributed by atoms with van der Waals surface area (Å²) in [6, 6.07) is 0. The molecule has 5 nitrogen and oxygen atoms in total. The number of nitrogens with zero attached hydrogens (tertiary/aromatic N) is 1. The van der Waals surface area contributed by atoms with E-state index >= 15 is 0 Å². The molecule has 0 aliphatic rings. The van der Waals surface area contributed by atoms with Crippen LogP contribution in [0.3, 0.4) is 0 Å². The Morgan fingerprint density at radius 1 is 1.50 bits per heavy atom. The van der Waals surface area contributed by atoms with Gasteiger partial charge in [0.05, 0.1) is 12.5 Å². The van der Waals surface area contributed by atoms with E-state index in [1.165, 1.54) is 11.8 Å². The molecule has 0 rings (SSSR count). The van der Waals surface area contributed by atoms with Gasteiger partial charge in [0.1, 0.15) is 5.04 Å². The summed E-state index contributed by atoms with van der Waals surface area (Å²) < 4.78 is 5.22. The summed E-state index contributed by atoms with van der Waals surface area (Å²) in [6.07, 6.45) is 0. The van der Waals surface area contributed by atoms with E-state index in [4.69, 9.17) is 9.94 Å². The van der Waals surface area contributed by atoms with Gasteiger partial charge in [-0.2, -0.15) is 0 Å². The van der Waals surface area contributed by atoms with E-state index in [-0.39, 0.29) is 11.3 Å². The fourth-order valence-corrected chi connectivity index (χ4v) is 2.63. The maximum atomic E-state index is 11.9. The Morgan fingerprint density at radius 3 is 2.50 bits per heavy atom. The number of ether oxygens (including phenoxy) is 1. The average molecular weight is 276 g/mol. The van der Waals surface area contributed by atoms with Crippen molar-refractivity contribution in [3.05, 3.63) is 0 Å². The molecule has 0 saturated carbocycles. The molecule has 0 aromatic heterocycles. The molecule has 0 aromatic carbocycles. The zero-order valence-electron chi connectivity index (χ0n) is 11.8. The van der Waals surface area contributed by atoms with E-state index in [1.54, 1.807) is 7.05 Å². The van der Waals surface area contributed by atoms with Crippen molar-refractivity contribution in [1.82, 2.24) is 5.32 Å². The summed E-state index contributed by atoms with van der Waals surface area (Å²) in [5.41, 5.74) is -0.305. The highest BCUT2D eigenvalue weighted by Gasteiger charge is 2.35. The molecule has 1 atom stereocenters. The van der Waals surface area contributed by atoms with Crippen molar-refractivity contribution in [1.29, 1.82) is 0 Å². The summed E-state index contributed by atoms with van der Waals surface area (Å²) in [5, 5.41) is 15.4. The minimum absolute atomic E-state index is 0.140. The van der Waals surface area contributed by atoms with Crippen LogP contribution in [0.15, 0.2) is 5.16 Å². The van der Waals surface area contributed by atoms with Gasteiger partial charge >= 0.3 is 0 Å². The molecule has 2 N–H and O–H groups in total. The van der Waals surface area contributed by atoms with Crippen molar-refractivity contribution in [2.75, 3.05) is 26.0 Å². The van der Waals surface area contributed by atoms with Crippen molar-refractivity contribution >= 4 is 22.7 Å². The van der Waals surface area contributed by atoms with Gasteiger partial charge in [0.15, 0.2) is 0 Å². The number of carbonyl (C=O) groups is 1. The van der Waals surface area contributed by atoms with Crippen LogP contribution in [-0.2, 0) is 9.53 Å². The monoisotopic (exact) mass is 276 g/mol. The molecule has 106 valence electrons.